The Morgan fingerprint density at radius 3 is 3.00 bits per heavy atom. The number of hydrogen-bond acceptors (Lipinski definition) is 4. The van der Waals surface area contributed by atoms with Crippen LogP contribution in [-0.2, 0) is 6.42 Å². The molecule has 0 saturated heterocycles. The summed E-state index contributed by atoms with van der Waals surface area (Å²) in [6, 6.07) is 4.45. The number of rotatable bonds is 5. The van der Waals surface area contributed by atoms with Gasteiger partial charge >= 0.3 is 0 Å². The number of pyridine rings is 1. The molecule has 90 valence electrons. The molecular weight excluding hydrogens is 230 g/mol. The highest BCUT2D eigenvalue weighted by atomic mass is 32.1. The van der Waals surface area contributed by atoms with Crippen LogP contribution in [0.2, 0.25) is 0 Å². The SMILES string of the molecule is CCNC(Cc1cncs1)c1cc(C)ccn1. The van der Waals surface area contributed by atoms with E-state index in [0.29, 0.717) is 0 Å². The molecule has 0 aliphatic carbocycles. The Kier molecular flexibility index (Phi) is 4.23. The van der Waals surface area contributed by atoms with E-state index in [-0.39, 0.29) is 6.04 Å². The van der Waals surface area contributed by atoms with Gasteiger partial charge in [0.25, 0.3) is 0 Å². The van der Waals surface area contributed by atoms with Gasteiger partial charge in [-0.05, 0) is 31.2 Å². The molecule has 1 unspecified atom stereocenters. The van der Waals surface area contributed by atoms with Gasteiger partial charge in [-0.1, -0.05) is 6.92 Å². The monoisotopic (exact) mass is 247 g/mol. The van der Waals surface area contributed by atoms with Crippen molar-refractivity contribution >= 4 is 11.3 Å². The molecule has 0 fully saturated rings. The van der Waals surface area contributed by atoms with Crippen molar-refractivity contribution in [3.63, 3.8) is 0 Å². The molecule has 17 heavy (non-hydrogen) atoms. The van der Waals surface area contributed by atoms with Crippen molar-refractivity contribution in [2.75, 3.05) is 6.54 Å². The van der Waals surface area contributed by atoms with Crippen molar-refractivity contribution in [2.45, 2.75) is 26.3 Å². The van der Waals surface area contributed by atoms with Crippen LogP contribution < -0.4 is 5.32 Å². The fourth-order valence-corrected chi connectivity index (χ4v) is 2.46. The summed E-state index contributed by atoms with van der Waals surface area (Å²) < 4.78 is 0. The summed E-state index contributed by atoms with van der Waals surface area (Å²) in [6.45, 7) is 5.16. The van der Waals surface area contributed by atoms with Gasteiger partial charge in [-0.2, -0.15) is 0 Å². The normalized spacial score (nSPS) is 12.6. The molecule has 0 aromatic carbocycles. The Balaban J connectivity index is 2.16. The average Bonchev–Trinajstić information content (AvgIpc) is 2.81. The quantitative estimate of drug-likeness (QED) is 0.883. The van der Waals surface area contributed by atoms with Gasteiger partial charge in [-0.3, -0.25) is 9.97 Å². The molecular formula is C13H17N3S. The molecule has 0 saturated carbocycles. The van der Waals surface area contributed by atoms with Gasteiger partial charge in [-0.15, -0.1) is 11.3 Å². The number of thiazole rings is 1. The summed E-state index contributed by atoms with van der Waals surface area (Å²) >= 11 is 1.70. The molecule has 3 nitrogen and oxygen atoms in total. The molecule has 2 aromatic heterocycles. The molecule has 0 bridgehead atoms. The maximum Gasteiger partial charge on any atom is 0.0794 e. The standard InChI is InChI=1S/C13H17N3S/c1-3-15-13(7-11-8-14-9-17-11)12-6-10(2)4-5-16-12/h4-6,8-9,13,15H,3,7H2,1-2H3. The van der Waals surface area contributed by atoms with Crippen LogP contribution >= 0.6 is 11.3 Å². The van der Waals surface area contributed by atoms with E-state index in [1.807, 2.05) is 24.0 Å². The minimum atomic E-state index is 0.278. The third kappa shape index (κ3) is 3.35. The lowest BCUT2D eigenvalue weighted by atomic mass is 10.1. The van der Waals surface area contributed by atoms with Crippen LogP contribution in [0.3, 0.4) is 0 Å². The predicted octanol–water partition coefficient (Wildman–Crippen LogP) is 2.74. The summed E-state index contributed by atoms with van der Waals surface area (Å²) in [5.41, 5.74) is 4.24. The first-order valence-electron chi connectivity index (χ1n) is 5.83. The van der Waals surface area contributed by atoms with Crippen LogP contribution in [0.1, 0.15) is 29.1 Å². The Morgan fingerprint density at radius 1 is 1.47 bits per heavy atom. The molecule has 2 heterocycles. The van der Waals surface area contributed by atoms with Gasteiger partial charge in [0.05, 0.1) is 17.2 Å². The van der Waals surface area contributed by atoms with Crippen LogP contribution in [0.5, 0.6) is 0 Å². The summed E-state index contributed by atoms with van der Waals surface area (Å²) in [6.07, 6.45) is 4.77. The number of nitrogens with zero attached hydrogens (tertiary/aromatic N) is 2. The van der Waals surface area contributed by atoms with Crippen molar-refractivity contribution in [3.05, 3.63) is 46.2 Å². The highest BCUT2D eigenvalue weighted by Gasteiger charge is 2.13. The minimum Gasteiger partial charge on any atom is -0.309 e. The third-order valence-corrected chi connectivity index (χ3v) is 3.43. The number of aryl methyl sites for hydroxylation is 1. The fraction of sp³-hybridized carbons (Fsp3) is 0.385. The van der Waals surface area contributed by atoms with Crippen LogP contribution in [-0.4, -0.2) is 16.5 Å². The molecule has 1 atom stereocenters. The Bertz CT molecular complexity index is 453. The molecule has 0 radical (unpaired) electrons. The first-order chi connectivity index (χ1) is 8.29. The van der Waals surface area contributed by atoms with Crippen LogP contribution in [0.15, 0.2) is 30.0 Å². The first kappa shape index (κ1) is 12.2. The van der Waals surface area contributed by atoms with Gasteiger partial charge in [-0.25, -0.2) is 0 Å². The average molecular weight is 247 g/mol. The highest BCUT2D eigenvalue weighted by Crippen LogP contribution is 2.19. The smallest absolute Gasteiger partial charge is 0.0794 e. The maximum absolute atomic E-state index is 4.46. The number of nitrogens with one attached hydrogen (secondary N) is 1. The summed E-state index contributed by atoms with van der Waals surface area (Å²) in [4.78, 5) is 9.87. The fourth-order valence-electron chi connectivity index (χ4n) is 1.82. The second-order valence-corrected chi connectivity index (χ2v) is 5.01. The zero-order valence-electron chi connectivity index (χ0n) is 10.2. The van der Waals surface area contributed by atoms with E-state index in [9.17, 15) is 0 Å². The molecule has 2 aromatic rings. The van der Waals surface area contributed by atoms with Crippen molar-refractivity contribution in [3.8, 4) is 0 Å². The third-order valence-electron chi connectivity index (χ3n) is 2.63. The van der Waals surface area contributed by atoms with E-state index in [2.05, 4.69) is 35.2 Å². The van der Waals surface area contributed by atoms with Crippen LogP contribution in [0.25, 0.3) is 0 Å². The van der Waals surface area contributed by atoms with Gasteiger partial charge in [0, 0.05) is 23.7 Å². The highest BCUT2D eigenvalue weighted by molar-refractivity contribution is 7.09. The van der Waals surface area contributed by atoms with Gasteiger partial charge in [0.1, 0.15) is 0 Å². The minimum absolute atomic E-state index is 0.278. The second kappa shape index (κ2) is 5.89. The van der Waals surface area contributed by atoms with Crippen molar-refractivity contribution in [2.24, 2.45) is 0 Å². The molecule has 0 aliphatic rings. The Morgan fingerprint density at radius 2 is 2.35 bits per heavy atom. The van der Waals surface area contributed by atoms with E-state index >= 15 is 0 Å². The zero-order valence-corrected chi connectivity index (χ0v) is 11.0. The number of aromatic nitrogens is 2. The van der Waals surface area contributed by atoms with E-state index in [4.69, 9.17) is 0 Å². The van der Waals surface area contributed by atoms with Crippen LogP contribution in [0, 0.1) is 6.92 Å². The zero-order chi connectivity index (χ0) is 12.1. The summed E-state index contributed by atoms with van der Waals surface area (Å²) in [5, 5.41) is 3.48. The van der Waals surface area contributed by atoms with Gasteiger partial charge in [0.15, 0.2) is 0 Å². The summed E-state index contributed by atoms with van der Waals surface area (Å²) in [7, 11) is 0. The van der Waals surface area contributed by atoms with Crippen molar-refractivity contribution in [1.29, 1.82) is 0 Å². The number of hydrogen-bond donors (Lipinski definition) is 1. The van der Waals surface area contributed by atoms with E-state index < -0.39 is 0 Å². The number of likely N-dealkylation sites (N-methyl/N-ethyl adjacent to an activating group) is 1. The lowest BCUT2D eigenvalue weighted by Gasteiger charge is -2.16. The van der Waals surface area contributed by atoms with E-state index in [1.165, 1.54) is 10.4 Å². The van der Waals surface area contributed by atoms with Gasteiger partial charge in [0.2, 0.25) is 0 Å². The van der Waals surface area contributed by atoms with Crippen molar-refractivity contribution < 1.29 is 0 Å². The molecule has 1 N–H and O–H groups in total. The van der Waals surface area contributed by atoms with E-state index in [0.717, 1.165) is 18.7 Å². The Hall–Kier alpha value is -1.26. The second-order valence-electron chi connectivity index (χ2n) is 4.04. The molecule has 0 aliphatic heterocycles. The van der Waals surface area contributed by atoms with Crippen molar-refractivity contribution in [1.82, 2.24) is 15.3 Å². The van der Waals surface area contributed by atoms with Gasteiger partial charge < -0.3 is 5.32 Å². The molecule has 2 rings (SSSR count). The lowest BCUT2D eigenvalue weighted by molar-refractivity contribution is 0.539. The maximum atomic E-state index is 4.46. The summed E-state index contributed by atoms with van der Waals surface area (Å²) in [5.74, 6) is 0. The topological polar surface area (TPSA) is 37.8 Å². The molecule has 4 heteroatoms. The largest absolute Gasteiger partial charge is 0.309 e. The van der Waals surface area contributed by atoms with E-state index in [1.54, 1.807) is 11.3 Å². The van der Waals surface area contributed by atoms with Crippen LogP contribution in [0.4, 0.5) is 0 Å². The first-order valence-corrected chi connectivity index (χ1v) is 6.71. The molecule has 0 spiro atoms. The predicted molar refractivity (Wildman–Crippen MR) is 71.2 cm³/mol. The Labute approximate surface area is 106 Å². The molecule has 0 amide bonds. The lowest BCUT2D eigenvalue weighted by Crippen LogP contribution is -2.23.